The van der Waals surface area contributed by atoms with E-state index in [0.717, 1.165) is 37.8 Å². The number of nitrogens with one attached hydrogen (secondary N) is 2. The lowest BCUT2D eigenvalue weighted by molar-refractivity contribution is 0.360. The zero-order valence-electron chi connectivity index (χ0n) is 14.8. The molecule has 0 aliphatic heterocycles. The first-order valence-corrected chi connectivity index (χ1v) is 8.27. The van der Waals surface area contributed by atoms with Crippen molar-refractivity contribution in [2.24, 2.45) is 10.4 Å². The minimum atomic E-state index is 0.426. The fourth-order valence-electron chi connectivity index (χ4n) is 2.24. The number of unbranched alkanes of at least 4 members (excludes halogenated alkanes) is 1. The van der Waals surface area contributed by atoms with Gasteiger partial charge in [-0.05, 0) is 18.3 Å². The number of aryl methyl sites for hydroxylation is 1. The summed E-state index contributed by atoms with van der Waals surface area (Å²) in [5.74, 6) is 1.88. The number of rotatable bonds is 8. The van der Waals surface area contributed by atoms with Crippen molar-refractivity contribution >= 4 is 5.96 Å². The molecule has 6 nitrogen and oxygen atoms in total. The maximum Gasteiger partial charge on any atom is 0.191 e. The van der Waals surface area contributed by atoms with Gasteiger partial charge in [-0.3, -0.25) is 4.99 Å². The summed E-state index contributed by atoms with van der Waals surface area (Å²) in [7, 11) is 1.81. The molecule has 0 saturated carbocycles. The van der Waals surface area contributed by atoms with Crippen LogP contribution in [-0.4, -0.2) is 40.9 Å². The van der Waals surface area contributed by atoms with Crippen LogP contribution in [0.5, 0.6) is 0 Å². The van der Waals surface area contributed by atoms with Crippen LogP contribution in [0.4, 0.5) is 0 Å². The number of guanidine groups is 1. The minimum absolute atomic E-state index is 0.426. The van der Waals surface area contributed by atoms with Crippen LogP contribution in [0.3, 0.4) is 0 Å². The molecule has 126 valence electrons. The summed E-state index contributed by atoms with van der Waals surface area (Å²) in [4.78, 5) is 4.25. The SMILES string of the molecule is CCc1nncn1CCNC(=NC)NCCCCC(C)(C)C. The van der Waals surface area contributed by atoms with E-state index in [1.54, 1.807) is 13.4 Å². The molecule has 0 aromatic carbocycles. The highest BCUT2D eigenvalue weighted by molar-refractivity contribution is 5.79. The second-order valence-electron chi connectivity index (χ2n) is 6.74. The maximum absolute atomic E-state index is 4.25. The molecule has 0 radical (unpaired) electrons. The van der Waals surface area contributed by atoms with Crippen LogP contribution in [0.1, 0.15) is 52.8 Å². The van der Waals surface area contributed by atoms with Crippen LogP contribution in [-0.2, 0) is 13.0 Å². The van der Waals surface area contributed by atoms with Gasteiger partial charge in [-0.1, -0.05) is 34.1 Å². The topological polar surface area (TPSA) is 67.1 Å². The second kappa shape index (κ2) is 9.43. The lowest BCUT2D eigenvalue weighted by atomic mass is 9.90. The third kappa shape index (κ3) is 7.43. The summed E-state index contributed by atoms with van der Waals surface area (Å²) in [6, 6.07) is 0. The van der Waals surface area contributed by atoms with Crippen LogP contribution in [0.2, 0.25) is 0 Å². The normalized spacial score (nSPS) is 12.5. The van der Waals surface area contributed by atoms with Gasteiger partial charge >= 0.3 is 0 Å². The quantitative estimate of drug-likeness (QED) is 0.439. The first kappa shape index (κ1) is 18.5. The maximum atomic E-state index is 4.25. The summed E-state index contributed by atoms with van der Waals surface area (Å²) < 4.78 is 2.07. The Balaban J connectivity index is 2.18. The molecule has 1 heterocycles. The van der Waals surface area contributed by atoms with Crippen molar-refractivity contribution in [3.05, 3.63) is 12.2 Å². The molecule has 0 spiro atoms. The Bertz CT molecular complexity index is 444. The Labute approximate surface area is 134 Å². The van der Waals surface area contributed by atoms with Crippen LogP contribution in [0, 0.1) is 5.41 Å². The van der Waals surface area contributed by atoms with Gasteiger partial charge in [-0.2, -0.15) is 0 Å². The van der Waals surface area contributed by atoms with Crippen LogP contribution >= 0.6 is 0 Å². The average molecular weight is 308 g/mol. The number of nitrogens with zero attached hydrogens (tertiary/aromatic N) is 4. The number of aromatic nitrogens is 3. The molecule has 1 aromatic rings. The standard InChI is InChI=1S/C16H32N6/c1-6-14-21-20-13-22(14)12-11-19-15(17-5)18-10-8-7-9-16(2,3)4/h13H,6-12H2,1-5H3,(H2,17,18,19). The average Bonchev–Trinajstić information content (AvgIpc) is 2.91. The Kier molecular flexibility index (Phi) is 7.91. The summed E-state index contributed by atoms with van der Waals surface area (Å²) in [6.07, 6.45) is 6.36. The van der Waals surface area contributed by atoms with Crippen molar-refractivity contribution < 1.29 is 0 Å². The molecule has 0 saturated heterocycles. The van der Waals surface area contributed by atoms with Gasteiger partial charge in [0.2, 0.25) is 0 Å². The summed E-state index contributed by atoms with van der Waals surface area (Å²) in [5, 5.41) is 14.7. The monoisotopic (exact) mass is 308 g/mol. The zero-order chi connectivity index (χ0) is 16.4. The smallest absolute Gasteiger partial charge is 0.191 e. The summed E-state index contributed by atoms with van der Waals surface area (Å²) in [5.41, 5.74) is 0.426. The number of hydrogen-bond donors (Lipinski definition) is 2. The van der Waals surface area contributed by atoms with Gasteiger partial charge in [0.05, 0.1) is 0 Å². The molecule has 1 aromatic heterocycles. The van der Waals surface area contributed by atoms with Gasteiger partial charge in [0.1, 0.15) is 12.2 Å². The first-order chi connectivity index (χ1) is 10.5. The highest BCUT2D eigenvalue weighted by atomic mass is 15.3. The highest BCUT2D eigenvalue weighted by Crippen LogP contribution is 2.21. The van der Waals surface area contributed by atoms with Gasteiger partial charge in [0, 0.05) is 33.1 Å². The van der Waals surface area contributed by atoms with E-state index in [0.29, 0.717) is 5.41 Å². The third-order valence-electron chi connectivity index (χ3n) is 3.53. The van der Waals surface area contributed by atoms with Crippen molar-refractivity contribution in [3.63, 3.8) is 0 Å². The molecule has 0 aliphatic rings. The predicted octanol–water partition coefficient (Wildman–Crippen LogP) is 2.22. The van der Waals surface area contributed by atoms with Gasteiger partial charge in [-0.15, -0.1) is 10.2 Å². The molecule has 22 heavy (non-hydrogen) atoms. The van der Waals surface area contributed by atoms with E-state index in [-0.39, 0.29) is 0 Å². The van der Waals surface area contributed by atoms with E-state index in [1.807, 2.05) is 0 Å². The van der Waals surface area contributed by atoms with Crippen molar-refractivity contribution in [1.29, 1.82) is 0 Å². The van der Waals surface area contributed by atoms with Gasteiger partial charge < -0.3 is 15.2 Å². The van der Waals surface area contributed by atoms with E-state index in [4.69, 9.17) is 0 Å². The highest BCUT2D eigenvalue weighted by Gasteiger charge is 2.08. The zero-order valence-corrected chi connectivity index (χ0v) is 14.8. The Morgan fingerprint density at radius 1 is 1.23 bits per heavy atom. The van der Waals surface area contributed by atoms with Crippen molar-refractivity contribution in [2.45, 2.75) is 59.9 Å². The molecule has 0 bridgehead atoms. The first-order valence-electron chi connectivity index (χ1n) is 8.27. The molecule has 2 N–H and O–H groups in total. The molecule has 0 unspecified atom stereocenters. The Morgan fingerprint density at radius 2 is 1.95 bits per heavy atom. The molecule has 6 heteroatoms. The molecule has 0 aliphatic carbocycles. The lowest BCUT2D eigenvalue weighted by Gasteiger charge is -2.18. The summed E-state index contributed by atoms with van der Waals surface area (Å²) in [6.45, 7) is 11.6. The van der Waals surface area contributed by atoms with Gasteiger partial charge in [-0.25, -0.2) is 0 Å². The van der Waals surface area contributed by atoms with Gasteiger partial charge in [0.15, 0.2) is 5.96 Å². The minimum Gasteiger partial charge on any atom is -0.356 e. The van der Waals surface area contributed by atoms with Crippen molar-refractivity contribution in [3.8, 4) is 0 Å². The predicted molar refractivity (Wildman–Crippen MR) is 92.1 cm³/mol. The molecular weight excluding hydrogens is 276 g/mol. The third-order valence-corrected chi connectivity index (χ3v) is 3.53. The van der Waals surface area contributed by atoms with E-state index < -0.39 is 0 Å². The van der Waals surface area contributed by atoms with E-state index in [1.165, 1.54) is 19.3 Å². The van der Waals surface area contributed by atoms with Gasteiger partial charge in [0.25, 0.3) is 0 Å². The van der Waals surface area contributed by atoms with Crippen molar-refractivity contribution in [1.82, 2.24) is 25.4 Å². The van der Waals surface area contributed by atoms with E-state index >= 15 is 0 Å². The Morgan fingerprint density at radius 3 is 2.59 bits per heavy atom. The lowest BCUT2D eigenvalue weighted by Crippen LogP contribution is -2.39. The molecule has 0 atom stereocenters. The molecule has 0 amide bonds. The van der Waals surface area contributed by atoms with Crippen molar-refractivity contribution in [2.75, 3.05) is 20.1 Å². The van der Waals surface area contributed by atoms with Crippen LogP contribution in [0.15, 0.2) is 11.3 Å². The largest absolute Gasteiger partial charge is 0.356 e. The van der Waals surface area contributed by atoms with E-state index in [2.05, 4.69) is 58.1 Å². The second-order valence-corrected chi connectivity index (χ2v) is 6.74. The fourth-order valence-corrected chi connectivity index (χ4v) is 2.24. The fraction of sp³-hybridized carbons (Fsp3) is 0.812. The number of aliphatic imine (C=N–C) groups is 1. The van der Waals surface area contributed by atoms with E-state index in [9.17, 15) is 0 Å². The molecule has 0 fully saturated rings. The van der Waals surface area contributed by atoms with Crippen LogP contribution < -0.4 is 10.6 Å². The number of hydrogen-bond acceptors (Lipinski definition) is 3. The molecular formula is C16H32N6. The summed E-state index contributed by atoms with van der Waals surface area (Å²) >= 11 is 0. The Hall–Kier alpha value is -1.59. The van der Waals surface area contributed by atoms with Crippen LogP contribution in [0.25, 0.3) is 0 Å². The molecule has 1 rings (SSSR count).